The van der Waals surface area contributed by atoms with Crippen LogP contribution in [-0.4, -0.2) is 81.9 Å². The fourth-order valence-corrected chi connectivity index (χ4v) is 6.25. The third-order valence-electron chi connectivity index (χ3n) is 7.96. The van der Waals surface area contributed by atoms with E-state index in [1.165, 1.54) is 12.8 Å². The third kappa shape index (κ3) is 6.40. The molecule has 0 radical (unpaired) electrons. The molecule has 9 heteroatoms. The summed E-state index contributed by atoms with van der Waals surface area (Å²) >= 11 is 12.6. The van der Waals surface area contributed by atoms with E-state index in [0.717, 1.165) is 74.9 Å². The smallest absolute Gasteiger partial charge is 0.162 e. The van der Waals surface area contributed by atoms with Crippen molar-refractivity contribution >= 4 is 34.8 Å². The zero-order valence-electron chi connectivity index (χ0n) is 22.0. The second kappa shape index (κ2) is 12.6. The molecule has 1 aromatic carbocycles. The molecule has 7 nitrogen and oxygen atoms in total. The summed E-state index contributed by atoms with van der Waals surface area (Å²) in [5.74, 6) is 1.84. The molecule has 4 heterocycles. The van der Waals surface area contributed by atoms with Crippen LogP contribution in [0.5, 0.6) is 0 Å². The van der Waals surface area contributed by atoms with E-state index in [1.807, 2.05) is 24.4 Å². The number of nitrogens with one attached hydrogen (secondary N) is 1. The quantitative estimate of drug-likeness (QED) is 0.337. The first-order valence-corrected chi connectivity index (χ1v) is 14.4. The molecular weight excluding hydrogens is 519 g/mol. The van der Waals surface area contributed by atoms with Gasteiger partial charge in [-0.05, 0) is 75.6 Å². The zero-order valence-corrected chi connectivity index (χ0v) is 23.5. The van der Waals surface area contributed by atoms with E-state index >= 15 is 0 Å². The lowest BCUT2D eigenvalue weighted by molar-refractivity contribution is 0.0624. The molecule has 1 N–H and O–H groups in total. The maximum Gasteiger partial charge on any atom is 0.162 e. The van der Waals surface area contributed by atoms with Crippen molar-refractivity contribution in [3.8, 4) is 11.4 Å². The number of aromatic amines is 1. The minimum atomic E-state index is 0.199. The van der Waals surface area contributed by atoms with E-state index in [1.54, 1.807) is 24.5 Å². The number of hydrogen-bond donors (Lipinski definition) is 1. The maximum atomic E-state index is 12.5. The summed E-state index contributed by atoms with van der Waals surface area (Å²) in [6.45, 7) is 8.35. The van der Waals surface area contributed by atoms with Gasteiger partial charge in [0, 0.05) is 72.9 Å². The number of imidazole rings is 1. The van der Waals surface area contributed by atoms with Crippen molar-refractivity contribution in [2.24, 2.45) is 0 Å². The lowest BCUT2D eigenvalue weighted by Gasteiger charge is -2.47. The van der Waals surface area contributed by atoms with E-state index in [9.17, 15) is 4.79 Å². The Balaban J connectivity index is 1.09. The number of Topliss-reactive ketones (excluding diaryl/α,β-unsaturated/α-hetero) is 1. The highest BCUT2D eigenvalue weighted by molar-refractivity contribution is 6.33. The number of piperazine rings is 1. The van der Waals surface area contributed by atoms with Crippen molar-refractivity contribution in [1.82, 2.24) is 24.8 Å². The topological polar surface area (TPSA) is 68.4 Å². The van der Waals surface area contributed by atoms with E-state index in [4.69, 9.17) is 28.2 Å². The van der Waals surface area contributed by atoms with E-state index in [2.05, 4.69) is 31.6 Å². The SMILES string of the molecule is CC[C@H]1CN(c2ncc(-c3ncc[nH]3)cc2Cl)CCN1C1CCN(CCCC(=O)c2ccc(Cl)cc2)CC1. The first kappa shape index (κ1) is 27.1. The van der Waals surface area contributed by atoms with Gasteiger partial charge in [0.1, 0.15) is 11.6 Å². The summed E-state index contributed by atoms with van der Waals surface area (Å²) < 4.78 is 0. The average molecular weight is 556 g/mol. The molecule has 0 spiro atoms. The Morgan fingerprint density at radius 3 is 2.55 bits per heavy atom. The first-order valence-electron chi connectivity index (χ1n) is 13.7. The largest absolute Gasteiger partial charge is 0.353 e. The van der Waals surface area contributed by atoms with Gasteiger partial charge in [0.2, 0.25) is 0 Å². The zero-order chi connectivity index (χ0) is 26.5. The van der Waals surface area contributed by atoms with Gasteiger partial charge in [-0.25, -0.2) is 9.97 Å². The number of likely N-dealkylation sites (tertiary alicyclic amines) is 1. The Morgan fingerprint density at radius 2 is 1.87 bits per heavy atom. The van der Waals surface area contributed by atoms with Gasteiger partial charge in [0.05, 0.1) is 5.02 Å². The number of H-pyrrole nitrogens is 1. The van der Waals surface area contributed by atoms with Crippen molar-refractivity contribution in [3.63, 3.8) is 0 Å². The maximum absolute atomic E-state index is 12.5. The van der Waals surface area contributed by atoms with E-state index < -0.39 is 0 Å². The number of piperidine rings is 1. The Bertz CT molecular complexity index is 1190. The number of pyridine rings is 1. The molecule has 0 saturated carbocycles. The number of carbonyl (C=O) groups is 1. The Kier molecular flexibility index (Phi) is 9.00. The van der Waals surface area contributed by atoms with Crippen LogP contribution in [0.25, 0.3) is 11.4 Å². The van der Waals surface area contributed by atoms with Crippen LogP contribution < -0.4 is 4.90 Å². The molecule has 2 saturated heterocycles. The van der Waals surface area contributed by atoms with Crippen LogP contribution in [0.4, 0.5) is 5.82 Å². The number of carbonyl (C=O) groups excluding carboxylic acids is 1. The molecular formula is C29H36Cl2N6O. The van der Waals surface area contributed by atoms with Crippen molar-refractivity contribution < 1.29 is 4.79 Å². The molecule has 0 amide bonds. The number of ketones is 1. The number of aromatic nitrogens is 3. The fraction of sp³-hybridized carbons (Fsp3) is 0.483. The van der Waals surface area contributed by atoms with E-state index in [-0.39, 0.29) is 5.78 Å². The van der Waals surface area contributed by atoms with E-state index in [0.29, 0.717) is 28.5 Å². The predicted octanol–water partition coefficient (Wildman–Crippen LogP) is 5.81. The van der Waals surface area contributed by atoms with Crippen molar-refractivity contribution in [3.05, 3.63) is 64.5 Å². The number of nitrogens with zero attached hydrogens (tertiary/aromatic N) is 5. The third-order valence-corrected chi connectivity index (χ3v) is 8.49. The second-order valence-electron chi connectivity index (χ2n) is 10.3. The number of rotatable bonds is 9. The van der Waals surface area contributed by atoms with Crippen LogP contribution in [0.3, 0.4) is 0 Å². The van der Waals surface area contributed by atoms with Gasteiger partial charge in [-0.3, -0.25) is 9.69 Å². The monoisotopic (exact) mass is 554 g/mol. The summed E-state index contributed by atoms with van der Waals surface area (Å²) in [5, 5.41) is 1.33. The summed E-state index contributed by atoms with van der Waals surface area (Å²) in [5.41, 5.74) is 1.65. The Hall–Kier alpha value is -2.45. The minimum absolute atomic E-state index is 0.199. The molecule has 0 unspecified atom stereocenters. The summed E-state index contributed by atoms with van der Waals surface area (Å²) in [7, 11) is 0. The second-order valence-corrected chi connectivity index (χ2v) is 11.2. The minimum Gasteiger partial charge on any atom is -0.353 e. The van der Waals surface area contributed by atoms with Gasteiger partial charge >= 0.3 is 0 Å². The molecule has 2 fully saturated rings. The van der Waals surface area contributed by atoms with Crippen LogP contribution >= 0.6 is 23.2 Å². The Morgan fingerprint density at radius 1 is 1.08 bits per heavy atom. The first-order chi connectivity index (χ1) is 18.5. The van der Waals surface area contributed by atoms with Crippen LogP contribution in [0.1, 0.15) is 49.4 Å². The van der Waals surface area contributed by atoms with Crippen molar-refractivity contribution in [2.45, 2.75) is 51.1 Å². The number of benzene rings is 1. The number of hydrogen-bond acceptors (Lipinski definition) is 6. The van der Waals surface area contributed by atoms with Crippen LogP contribution in [0.2, 0.25) is 10.0 Å². The number of halogens is 2. The Labute approximate surface area is 235 Å². The molecule has 0 bridgehead atoms. The summed E-state index contributed by atoms with van der Waals surface area (Å²) in [6.07, 6.45) is 10.3. The lowest BCUT2D eigenvalue weighted by atomic mass is 9.97. The molecule has 2 aliphatic rings. The molecule has 3 aromatic rings. The van der Waals surface area contributed by atoms with Gasteiger partial charge in [0.15, 0.2) is 5.78 Å². The van der Waals surface area contributed by atoms with Crippen LogP contribution in [0, 0.1) is 0 Å². The van der Waals surface area contributed by atoms with Gasteiger partial charge < -0.3 is 14.8 Å². The highest BCUT2D eigenvalue weighted by Crippen LogP contribution is 2.31. The van der Waals surface area contributed by atoms with Crippen molar-refractivity contribution in [1.29, 1.82) is 0 Å². The average Bonchev–Trinajstić information content (AvgIpc) is 3.49. The molecule has 0 aliphatic carbocycles. The number of anilines is 1. The molecule has 38 heavy (non-hydrogen) atoms. The van der Waals surface area contributed by atoms with Gasteiger partial charge in [-0.15, -0.1) is 0 Å². The highest BCUT2D eigenvalue weighted by atomic mass is 35.5. The highest BCUT2D eigenvalue weighted by Gasteiger charge is 2.34. The van der Waals surface area contributed by atoms with Gasteiger partial charge in [-0.2, -0.15) is 0 Å². The van der Waals surface area contributed by atoms with Crippen molar-refractivity contribution in [2.75, 3.05) is 44.2 Å². The lowest BCUT2D eigenvalue weighted by Crippen LogP contribution is -2.58. The predicted molar refractivity (Wildman–Crippen MR) is 154 cm³/mol. The summed E-state index contributed by atoms with van der Waals surface area (Å²) in [4.78, 5) is 32.2. The van der Waals surface area contributed by atoms with Crippen LogP contribution in [-0.2, 0) is 0 Å². The van der Waals surface area contributed by atoms with Crippen LogP contribution in [0.15, 0.2) is 48.9 Å². The summed E-state index contributed by atoms with van der Waals surface area (Å²) in [6, 6.07) is 10.3. The normalized spacial score (nSPS) is 19.7. The standard InChI is InChI=1S/C29H36Cl2N6O/c1-2-24-20-36(29-26(31)18-22(19-34-29)28-32-11-12-33-28)16-17-37(24)25-9-14-35(15-10-25)13-3-4-27(38)21-5-7-23(30)8-6-21/h5-8,11-12,18-19,24-25H,2-4,9-10,13-17,20H2,1H3,(H,32,33)/t24-/m0/s1. The molecule has 5 rings (SSSR count). The van der Waals surface area contributed by atoms with Gasteiger partial charge in [0.25, 0.3) is 0 Å². The fourth-order valence-electron chi connectivity index (χ4n) is 5.84. The molecule has 2 aromatic heterocycles. The molecule has 202 valence electrons. The molecule has 1 atom stereocenters. The van der Waals surface area contributed by atoms with Gasteiger partial charge in [-0.1, -0.05) is 30.1 Å². The molecule has 2 aliphatic heterocycles.